The van der Waals surface area contributed by atoms with Crippen molar-refractivity contribution in [2.24, 2.45) is 10.9 Å². The molecular formula is C29H35ClF2N5O2P. The lowest BCUT2D eigenvalue weighted by molar-refractivity contribution is -0.116. The number of urea groups is 1. The van der Waals surface area contributed by atoms with Crippen molar-refractivity contribution in [3.8, 4) is 0 Å². The fourth-order valence-electron chi connectivity index (χ4n) is 3.36. The lowest BCUT2D eigenvalue weighted by atomic mass is 10.1. The number of allylic oxidation sites excluding steroid dienone is 5. The number of benzene rings is 1. The molecule has 1 saturated carbocycles. The Labute approximate surface area is 241 Å². The summed E-state index contributed by atoms with van der Waals surface area (Å²) in [5, 5.41) is 8.31. The highest BCUT2D eigenvalue weighted by molar-refractivity contribution is 7.27. The van der Waals surface area contributed by atoms with Gasteiger partial charge < -0.3 is 15.5 Å². The first-order chi connectivity index (χ1) is 18.9. The van der Waals surface area contributed by atoms with Crippen LogP contribution >= 0.6 is 20.8 Å². The van der Waals surface area contributed by atoms with Crippen LogP contribution in [0.5, 0.6) is 0 Å². The van der Waals surface area contributed by atoms with Gasteiger partial charge in [-0.25, -0.2) is 18.6 Å². The highest BCUT2D eigenvalue weighted by Gasteiger charge is 2.21. The minimum atomic E-state index is -1.06. The Kier molecular flexibility index (Phi) is 13.0. The predicted molar refractivity (Wildman–Crippen MR) is 162 cm³/mol. The second-order valence-electron chi connectivity index (χ2n) is 9.27. The van der Waals surface area contributed by atoms with Gasteiger partial charge in [-0.3, -0.25) is 10.1 Å². The van der Waals surface area contributed by atoms with Crippen LogP contribution in [0.1, 0.15) is 39.2 Å². The number of guanidine groups is 1. The van der Waals surface area contributed by atoms with Crippen LogP contribution in [0.25, 0.3) is 0 Å². The van der Waals surface area contributed by atoms with Crippen molar-refractivity contribution in [2.45, 2.75) is 40.2 Å². The number of aliphatic imine (C=N–C) groups is 1. The predicted octanol–water partition coefficient (Wildman–Crippen LogP) is 5.65. The Hall–Kier alpha value is -3.55. The van der Waals surface area contributed by atoms with E-state index >= 15 is 0 Å². The zero-order valence-electron chi connectivity index (χ0n) is 22.9. The third-order valence-corrected chi connectivity index (χ3v) is 6.08. The molecule has 0 aliphatic heterocycles. The van der Waals surface area contributed by atoms with Crippen molar-refractivity contribution in [1.82, 2.24) is 20.9 Å². The van der Waals surface area contributed by atoms with E-state index in [9.17, 15) is 18.4 Å². The average molecular weight is 590 g/mol. The molecule has 2 rings (SSSR count). The molecule has 1 aromatic carbocycles. The normalized spacial score (nSPS) is 14.2. The molecule has 0 bridgehead atoms. The maximum absolute atomic E-state index is 14.1. The van der Waals surface area contributed by atoms with Crippen LogP contribution in [0.15, 0.2) is 88.9 Å². The first-order valence-electron chi connectivity index (χ1n) is 12.5. The quantitative estimate of drug-likeness (QED) is 0.0778. The van der Waals surface area contributed by atoms with Crippen molar-refractivity contribution in [2.75, 3.05) is 6.54 Å². The molecular weight excluding hydrogens is 555 g/mol. The lowest BCUT2D eigenvalue weighted by Crippen LogP contribution is -2.48. The second-order valence-corrected chi connectivity index (χ2v) is 10.1. The van der Waals surface area contributed by atoms with Crippen molar-refractivity contribution in [1.29, 1.82) is 0 Å². The lowest BCUT2D eigenvalue weighted by Gasteiger charge is -2.25. The molecule has 3 N–H and O–H groups in total. The molecule has 2 unspecified atom stereocenters. The van der Waals surface area contributed by atoms with E-state index in [-0.39, 0.29) is 35.8 Å². The first-order valence-corrected chi connectivity index (χ1v) is 13.5. The number of carbonyl (C=O) groups excluding carboxylic acids is 2. The fraction of sp³-hybridized carbons (Fsp3) is 0.276. The van der Waals surface area contributed by atoms with Crippen molar-refractivity contribution < 1.29 is 18.4 Å². The molecule has 0 saturated heterocycles. The van der Waals surface area contributed by atoms with Crippen molar-refractivity contribution in [3.63, 3.8) is 0 Å². The van der Waals surface area contributed by atoms with E-state index in [0.717, 1.165) is 35.6 Å². The standard InChI is InChI=1S/C29H35ClF2N5O2P/c1-6-7-19(4)12-24(18(2)3)35-28(34-15-21-8-9-21)36-29(39)37(16-20(5)27(38)33-11-10-30)17-22-13-23(31)26(32)25(40)14-22/h6-7,10-15,19H,2,5,8-9,16-17,40H2,1,3-4H3,(H,33,38)(H2,34,35,36,39)/b7-6-,11-10+,24-12+. The number of carbonyl (C=O) groups is 2. The maximum Gasteiger partial charge on any atom is 0.324 e. The molecule has 0 heterocycles. The minimum absolute atomic E-state index is 0.00522. The fourth-order valence-corrected chi connectivity index (χ4v) is 3.78. The van der Waals surface area contributed by atoms with Gasteiger partial charge in [0.05, 0.1) is 6.54 Å². The van der Waals surface area contributed by atoms with Crippen LogP contribution in [0.2, 0.25) is 0 Å². The molecule has 3 amide bonds. The molecule has 1 aliphatic rings. The molecule has 1 aliphatic carbocycles. The number of rotatable bonds is 11. The summed E-state index contributed by atoms with van der Waals surface area (Å²) < 4.78 is 28.0. The Morgan fingerprint density at radius 1 is 1.25 bits per heavy atom. The number of amides is 3. The molecule has 1 fully saturated rings. The zero-order chi connectivity index (χ0) is 29.8. The summed E-state index contributed by atoms with van der Waals surface area (Å²) in [6.45, 7) is 13.2. The summed E-state index contributed by atoms with van der Waals surface area (Å²) in [4.78, 5) is 31.6. The summed E-state index contributed by atoms with van der Waals surface area (Å²) in [6.07, 6.45) is 10.6. The summed E-state index contributed by atoms with van der Waals surface area (Å²) in [5.74, 6) is -2.41. The Morgan fingerprint density at radius 2 is 1.95 bits per heavy atom. The molecule has 2 atom stereocenters. The van der Waals surface area contributed by atoms with E-state index < -0.39 is 23.6 Å². The minimum Gasteiger partial charge on any atom is -0.328 e. The van der Waals surface area contributed by atoms with Gasteiger partial charge in [-0.2, -0.15) is 0 Å². The first kappa shape index (κ1) is 32.7. The van der Waals surface area contributed by atoms with Gasteiger partial charge >= 0.3 is 6.03 Å². The monoisotopic (exact) mass is 589 g/mol. The summed E-state index contributed by atoms with van der Waals surface area (Å²) in [7, 11) is 2.12. The average Bonchev–Trinajstić information content (AvgIpc) is 3.72. The van der Waals surface area contributed by atoms with Crippen molar-refractivity contribution >= 4 is 44.0 Å². The van der Waals surface area contributed by atoms with Gasteiger partial charge in [-0.05, 0) is 55.9 Å². The number of hydrogen-bond donors (Lipinski definition) is 3. The van der Waals surface area contributed by atoms with Gasteiger partial charge in [0.2, 0.25) is 5.96 Å². The molecule has 0 spiro atoms. The second kappa shape index (κ2) is 15.9. The van der Waals surface area contributed by atoms with E-state index in [0.29, 0.717) is 11.3 Å². The van der Waals surface area contributed by atoms with E-state index in [1.807, 2.05) is 39.0 Å². The largest absolute Gasteiger partial charge is 0.328 e. The number of hydrogen-bond acceptors (Lipinski definition) is 3. The van der Waals surface area contributed by atoms with E-state index in [4.69, 9.17) is 11.6 Å². The third kappa shape index (κ3) is 10.9. The number of halogens is 3. The van der Waals surface area contributed by atoms with Gasteiger partial charge in [-0.15, -0.1) is 9.24 Å². The summed E-state index contributed by atoms with van der Waals surface area (Å²) in [5.41, 5.74) is 3.97. The molecule has 11 heteroatoms. The van der Waals surface area contributed by atoms with Gasteiger partial charge in [0.15, 0.2) is 11.6 Å². The Bertz CT molecular complexity index is 1270. The third-order valence-electron chi connectivity index (χ3n) is 5.54. The molecule has 0 aromatic heterocycles. The van der Waals surface area contributed by atoms with Crippen molar-refractivity contribution in [3.05, 3.63) is 101 Å². The highest BCUT2D eigenvalue weighted by atomic mass is 35.5. The molecule has 7 nitrogen and oxygen atoms in total. The summed E-state index contributed by atoms with van der Waals surface area (Å²) >= 11 is 5.48. The topological polar surface area (TPSA) is 85.8 Å². The van der Waals surface area contributed by atoms with Crippen LogP contribution in [0, 0.1) is 17.6 Å². The van der Waals surface area contributed by atoms with Gasteiger partial charge in [0.25, 0.3) is 5.91 Å². The van der Waals surface area contributed by atoms with E-state index in [1.54, 1.807) is 6.20 Å². The zero-order valence-corrected chi connectivity index (χ0v) is 24.8. The molecule has 0 radical (unpaired) electrons. The van der Waals surface area contributed by atoms with Crippen LogP contribution in [0.4, 0.5) is 13.6 Å². The molecule has 40 heavy (non-hydrogen) atoms. The Balaban J connectivity index is 2.39. The smallest absolute Gasteiger partial charge is 0.324 e. The van der Waals surface area contributed by atoms with Crippen LogP contribution in [0.3, 0.4) is 0 Å². The van der Waals surface area contributed by atoms with Crippen LogP contribution in [-0.2, 0) is 11.3 Å². The summed E-state index contributed by atoms with van der Waals surface area (Å²) in [6, 6.07) is 1.75. The van der Waals surface area contributed by atoms with Crippen LogP contribution in [-0.4, -0.2) is 29.3 Å². The number of nitrogens with one attached hydrogen (secondary N) is 3. The highest BCUT2D eigenvalue weighted by Crippen LogP contribution is 2.27. The molecule has 214 valence electrons. The SMILES string of the molecule is C=C(CN(Cc1cc(F)c(F)c(P)c1)C(=O)NC(=NC=C1CC1)N/C(=C/C(C)/C=C\C)C(=C)C)C(=O)N/C=C/Cl. The van der Waals surface area contributed by atoms with Gasteiger partial charge in [0.1, 0.15) is 0 Å². The molecule has 1 aromatic rings. The van der Waals surface area contributed by atoms with Gasteiger partial charge in [0, 0.05) is 41.1 Å². The Morgan fingerprint density at radius 3 is 2.52 bits per heavy atom. The van der Waals surface area contributed by atoms with Gasteiger partial charge in [-0.1, -0.05) is 55.5 Å². The number of nitrogens with zero attached hydrogens (tertiary/aromatic N) is 2. The van der Waals surface area contributed by atoms with E-state index in [1.165, 1.54) is 17.2 Å². The van der Waals surface area contributed by atoms with E-state index in [2.05, 4.69) is 43.3 Å². The van der Waals surface area contributed by atoms with Crippen LogP contribution < -0.4 is 21.3 Å². The maximum atomic E-state index is 14.1.